The van der Waals surface area contributed by atoms with Crippen LogP contribution in [-0.4, -0.2) is 36.9 Å². The van der Waals surface area contributed by atoms with Crippen molar-refractivity contribution >= 4 is 17.4 Å². The van der Waals surface area contributed by atoms with Crippen LogP contribution in [0, 0.1) is 11.9 Å². The van der Waals surface area contributed by atoms with Gasteiger partial charge in [0.15, 0.2) is 5.78 Å². The number of halogens is 2. The molecule has 7 heteroatoms. The largest absolute Gasteiger partial charge is 0.383 e. The van der Waals surface area contributed by atoms with Crippen molar-refractivity contribution in [3.8, 4) is 11.1 Å². The van der Waals surface area contributed by atoms with Gasteiger partial charge < -0.3 is 9.64 Å². The molecule has 3 aromatic rings. The van der Waals surface area contributed by atoms with Gasteiger partial charge in [0, 0.05) is 43.3 Å². The Morgan fingerprint density at radius 3 is 2.15 bits per heavy atom. The van der Waals surface area contributed by atoms with Gasteiger partial charge in [-0.3, -0.25) is 9.59 Å². The second-order valence-electron chi connectivity index (χ2n) is 7.52. The number of benzene rings is 2. The van der Waals surface area contributed by atoms with Crippen molar-refractivity contribution in [1.82, 2.24) is 4.98 Å². The highest BCUT2D eigenvalue weighted by Crippen LogP contribution is 2.24. The Bertz CT molecular complexity index is 1100. The molecule has 3 rings (SSSR count). The van der Waals surface area contributed by atoms with E-state index < -0.39 is 11.9 Å². The van der Waals surface area contributed by atoms with Crippen LogP contribution in [0.1, 0.15) is 35.7 Å². The molecular formula is C26H26F2N2O3. The zero-order chi connectivity index (χ0) is 23.8. The lowest BCUT2D eigenvalue weighted by atomic mass is 9.99. The summed E-state index contributed by atoms with van der Waals surface area (Å²) in [7, 11) is 1.60. The third kappa shape index (κ3) is 6.29. The van der Waals surface area contributed by atoms with E-state index in [4.69, 9.17) is 4.74 Å². The molecule has 0 bridgehead atoms. The topological polar surface area (TPSA) is 59.5 Å². The van der Waals surface area contributed by atoms with Crippen molar-refractivity contribution in [2.24, 2.45) is 0 Å². The van der Waals surface area contributed by atoms with Crippen LogP contribution in [0.25, 0.3) is 11.1 Å². The Kier molecular flexibility index (Phi) is 8.38. The number of Topliss-reactive ketones (excluding diaryl/α,β-unsaturated/α-hetero) is 1. The molecule has 0 aliphatic heterocycles. The Balaban J connectivity index is 1.66. The summed E-state index contributed by atoms with van der Waals surface area (Å²) in [5.74, 6) is -1.87. The first-order valence-corrected chi connectivity index (χ1v) is 10.8. The van der Waals surface area contributed by atoms with Crippen molar-refractivity contribution in [1.29, 1.82) is 0 Å². The molecule has 0 unspecified atom stereocenters. The summed E-state index contributed by atoms with van der Waals surface area (Å²) >= 11 is 0. The van der Waals surface area contributed by atoms with Crippen LogP contribution in [0.3, 0.4) is 0 Å². The second kappa shape index (κ2) is 11.4. The van der Waals surface area contributed by atoms with Crippen molar-refractivity contribution < 1.29 is 23.1 Å². The fourth-order valence-electron chi connectivity index (χ4n) is 3.47. The van der Waals surface area contributed by atoms with E-state index in [-0.39, 0.29) is 30.1 Å². The number of anilines is 1. The van der Waals surface area contributed by atoms with Crippen molar-refractivity contribution in [3.63, 3.8) is 0 Å². The monoisotopic (exact) mass is 452 g/mol. The predicted molar refractivity (Wildman–Crippen MR) is 123 cm³/mol. The standard InChI is InChI=1S/C26H26F2N2O3/c1-3-25(32)30(16-17-33-2)22-12-8-19(9-13-22)18-4-6-20(7-5-18)23(31)14-10-21-11-15-24(27)29-26(21)28/h4-9,11-13,15H,3,10,14,16-17H2,1-2H3. The number of ketones is 1. The molecule has 33 heavy (non-hydrogen) atoms. The molecule has 0 saturated heterocycles. The Hall–Kier alpha value is -3.45. The molecule has 1 aromatic heterocycles. The van der Waals surface area contributed by atoms with Crippen molar-refractivity contribution in [2.45, 2.75) is 26.2 Å². The number of carbonyl (C=O) groups excluding carboxylic acids is 2. The summed E-state index contributed by atoms with van der Waals surface area (Å²) in [5.41, 5.74) is 3.41. The summed E-state index contributed by atoms with van der Waals surface area (Å²) in [5, 5.41) is 0. The van der Waals surface area contributed by atoms with Gasteiger partial charge in [0.2, 0.25) is 17.8 Å². The number of amides is 1. The smallest absolute Gasteiger partial charge is 0.226 e. The molecule has 0 spiro atoms. The van der Waals surface area contributed by atoms with E-state index in [2.05, 4.69) is 4.98 Å². The van der Waals surface area contributed by atoms with E-state index in [0.29, 0.717) is 25.1 Å². The van der Waals surface area contributed by atoms with Crippen LogP contribution < -0.4 is 4.90 Å². The maximum absolute atomic E-state index is 13.7. The molecule has 0 aliphatic carbocycles. The SMILES string of the molecule is CCC(=O)N(CCOC)c1ccc(-c2ccc(C(=O)CCc3ccc(F)nc3F)cc2)cc1. The molecule has 0 radical (unpaired) electrons. The first kappa shape index (κ1) is 24.2. The molecular weight excluding hydrogens is 426 g/mol. The first-order valence-electron chi connectivity index (χ1n) is 10.8. The van der Waals surface area contributed by atoms with Crippen LogP contribution in [0.2, 0.25) is 0 Å². The Morgan fingerprint density at radius 2 is 1.58 bits per heavy atom. The molecule has 1 amide bonds. The molecule has 0 aliphatic rings. The number of hydrogen-bond acceptors (Lipinski definition) is 4. The van der Waals surface area contributed by atoms with E-state index in [1.807, 2.05) is 43.3 Å². The lowest BCUT2D eigenvalue weighted by Crippen LogP contribution is -2.33. The maximum Gasteiger partial charge on any atom is 0.226 e. The fourth-order valence-corrected chi connectivity index (χ4v) is 3.47. The van der Waals surface area contributed by atoms with Gasteiger partial charge in [-0.25, -0.2) is 0 Å². The maximum atomic E-state index is 13.7. The van der Waals surface area contributed by atoms with E-state index >= 15 is 0 Å². The Morgan fingerprint density at radius 1 is 0.939 bits per heavy atom. The van der Waals surface area contributed by atoms with Crippen molar-refractivity contribution in [3.05, 3.63) is 83.7 Å². The highest BCUT2D eigenvalue weighted by Gasteiger charge is 2.14. The molecule has 0 N–H and O–H groups in total. The van der Waals surface area contributed by atoms with Crippen molar-refractivity contribution in [2.75, 3.05) is 25.2 Å². The quantitative estimate of drug-likeness (QED) is 0.312. The lowest BCUT2D eigenvalue weighted by molar-refractivity contribution is -0.118. The summed E-state index contributed by atoms with van der Waals surface area (Å²) < 4.78 is 31.7. The van der Waals surface area contributed by atoms with Gasteiger partial charge in [0.25, 0.3) is 0 Å². The van der Waals surface area contributed by atoms with Gasteiger partial charge >= 0.3 is 0 Å². The van der Waals surface area contributed by atoms with Gasteiger partial charge in [0.05, 0.1) is 6.61 Å². The summed E-state index contributed by atoms with van der Waals surface area (Å²) in [4.78, 5) is 29.6. The molecule has 0 saturated carbocycles. The van der Waals surface area contributed by atoms with E-state index in [1.54, 1.807) is 24.1 Å². The average molecular weight is 453 g/mol. The molecule has 1 heterocycles. The van der Waals surface area contributed by atoms with Crippen LogP contribution in [0.5, 0.6) is 0 Å². The Labute approximate surface area is 192 Å². The zero-order valence-electron chi connectivity index (χ0n) is 18.7. The number of pyridine rings is 1. The van der Waals surface area contributed by atoms with Gasteiger partial charge in [-0.05, 0) is 41.8 Å². The second-order valence-corrected chi connectivity index (χ2v) is 7.52. The molecule has 5 nitrogen and oxygen atoms in total. The molecule has 0 fully saturated rings. The number of hydrogen-bond donors (Lipinski definition) is 0. The third-order valence-electron chi connectivity index (χ3n) is 5.36. The van der Waals surface area contributed by atoms with Crippen LogP contribution in [0.15, 0.2) is 60.7 Å². The minimum Gasteiger partial charge on any atom is -0.383 e. The number of carbonyl (C=O) groups is 2. The summed E-state index contributed by atoms with van der Waals surface area (Å²) in [6.07, 6.45) is 0.656. The molecule has 0 atom stereocenters. The highest BCUT2D eigenvalue weighted by molar-refractivity contribution is 5.96. The van der Waals surface area contributed by atoms with Crippen LogP contribution >= 0.6 is 0 Å². The highest BCUT2D eigenvalue weighted by atomic mass is 19.1. The molecule has 2 aromatic carbocycles. The van der Waals surface area contributed by atoms with E-state index in [9.17, 15) is 18.4 Å². The zero-order valence-corrected chi connectivity index (χ0v) is 18.7. The van der Waals surface area contributed by atoms with E-state index in [1.165, 1.54) is 6.07 Å². The number of nitrogens with zero attached hydrogens (tertiary/aromatic N) is 2. The lowest BCUT2D eigenvalue weighted by Gasteiger charge is -2.22. The number of aromatic nitrogens is 1. The van der Waals surface area contributed by atoms with Gasteiger partial charge in [0.1, 0.15) is 0 Å². The number of ether oxygens (including phenoxy) is 1. The number of rotatable bonds is 10. The summed E-state index contributed by atoms with van der Waals surface area (Å²) in [6, 6.07) is 17.2. The van der Waals surface area contributed by atoms with Crippen LogP contribution in [0.4, 0.5) is 14.5 Å². The normalized spacial score (nSPS) is 10.8. The number of methoxy groups -OCH3 is 1. The molecule has 172 valence electrons. The van der Waals surface area contributed by atoms with Gasteiger partial charge in [-0.1, -0.05) is 43.3 Å². The van der Waals surface area contributed by atoms with Gasteiger partial charge in [-0.15, -0.1) is 0 Å². The van der Waals surface area contributed by atoms with E-state index in [0.717, 1.165) is 22.9 Å². The summed E-state index contributed by atoms with van der Waals surface area (Å²) in [6.45, 7) is 2.76. The minimum absolute atomic E-state index is 0.0268. The van der Waals surface area contributed by atoms with Gasteiger partial charge in [-0.2, -0.15) is 13.8 Å². The minimum atomic E-state index is -0.886. The third-order valence-corrected chi connectivity index (χ3v) is 5.36. The fraction of sp³-hybridized carbons (Fsp3) is 0.269. The number of aryl methyl sites for hydroxylation is 1. The van der Waals surface area contributed by atoms with Crippen LogP contribution in [-0.2, 0) is 16.0 Å². The predicted octanol–water partition coefficient (Wildman–Crippen LogP) is 5.23. The first-order chi connectivity index (χ1) is 15.9. The average Bonchev–Trinajstić information content (AvgIpc) is 2.84.